The van der Waals surface area contributed by atoms with Gasteiger partial charge in [0.1, 0.15) is 0 Å². The van der Waals surface area contributed by atoms with Gasteiger partial charge in [-0.05, 0) is 36.3 Å². The molecule has 0 amide bonds. The molecule has 1 heterocycles. The lowest BCUT2D eigenvalue weighted by Crippen LogP contribution is -2.80. The van der Waals surface area contributed by atoms with Gasteiger partial charge in [0, 0.05) is 0 Å². The number of hydrogen-bond donors (Lipinski definition) is 0. The van der Waals surface area contributed by atoms with Crippen LogP contribution in [0, 0.1) is 20.8 Å². The van der Waals surface area contributed by atoms with Crippen LogP contribution in [0.5, 0.6) is 0 Å². The number of rotatable bonds is 2. The molecular formula is C27H24BClSi. The van der Waals surface area contributed by atoms with E-state index in [2.05, 4.69) is 112 Å². The molecule has 0 unspecified atom stereocenters. The molecule has 30 heavy (non-hydrogen) atoms. The third-order valence-corrected chi connectivity index (χ3v) is 11.9. The Morgan fingerprint density at radius 1 is 0.633 bits per heavy atom. The van der Waals surface area contributed by atoms with Crippen molar-refractivity contribution < 1.29 is 0 Å². The molecule has 0 radical (unpaired) electrons. The monoisotopic (exact) mass is 422 g/mol. The highest BCUT2D eigenvalue weighted by Gasteiger charge is 2.48. The van der Waals surface area contributed by atoms with Gasteiger partial charge in [-0.25, -0.2) is 0 Å². The Labute approximate surface area is 185 Å². The molecule has 4 aromatic carbocycles. The Hall–Kier alpha value is -2.55. The molecule has 1 aliphatic rings. The summed E-state index contributed by atoms with van der Waals surface area (Å²) in [6.07, 6.45) is 0. The van der Waals surface area contributed by atoms with Crippen molar-refractivity contribution in [2.75, 3.05) is 0 Å². The molecule has 0 spiro atoms. The van der Waals surface area contributed by atoms with Crippen LogP contribution in [0.4, 0.5) is 0 Å². The summed E-state index contributed by atoms with van der Waals surface area (Å²) in [4.78, 5) is 0. The van der Waals surface area contributed by atoms with Crippen LogP contribution in [-0.4, -0.2) is 14.1 Å². The van der Waals surface area contributed by atoms with Gasteiger partial charge in [-0.1, -0.05) is 124 Å². The first-order chi connectivity index (χ1) is 14.5. The van der Waals surface area contributed by atoms with E-state index in [1.165, 1.54) is 48.6 Å². The van der Waals surface area contributed by atoms with Crippen molar-refractivity contribution in [3.05, 3.63) is 108 Å². The third kappa shape index (κ3) is 2.82. The first kappa shape index (κ1) is 19.4. The van der Waals surface area contributed by atoms with Crippen LogP contribution in [0.1, 0.15) is 16.7 Å². The fraction of sp³-hybridized carbons (Fsp3) is 0.111. The summed E-state index contributed by atoms with van der Waals surface area (Å²) < 4.78 is 0. The van der Waals surface area contributed by atoms with E-state index in [9.17, 15) is 0 Å². The van der Waals surface area contributed by atoms with Gasteiger partial charge >= 0.3 is 0 Å². The molecule has 0 aliphatic carbocycles. The average Bonchev–Trinajstić information content (AvgIpc) is 2.76. The van der Waals surface area contributed by atoms with Crippen LogP contribution in [0.3, 0.4) is 0 Å². The Balaban J connectivity index is 1.87. The zero-order valence-corrected chi connectivity index (χ0v) is 19.4. The van der Waals surface area contributed by atoms with Gasteiger partial charge in [0.15, 0.2) is 0 Å². The quantitative estimate of drug-likeness (QED) is 0.344. The van der Waals surface area contributed by atoms with Gasteiger partial charge in [0.2, 0.25) is 14.1 Å². The average molecular weight is 423 g/mol. The van der Waals surface area contributed by atoms with Gasteiger partial charge in [-0.2, -0.15) is 0 Å². The number of aryl methyl sites for hydroxylation is 3. The second kappa shape index (κ2) is 7.30. The maximum atomic E-state index is 7.76. The number of fused-ring (bicyclic) bond motifs is 2. The second-order valence-electron chi connectivity index (χ2n) is 8.44. The molecule has 4 aromatic rings. The van der Waals surface area contributed by atoms with Crippen molar-refractivity contribution in [1.29, 1.82) is 0 Å². The van der Waals surface area contributed by atoms with Crippen molar-refractivity contribution in [2.45, 2.75) is 20.8 Å². The van der Waals surface area contributed by atoms with Crippen molar-refractivity contribution in [3.8, 4) is 0 Å². The predicted molar refractivity (Wildman–Crippen MR) is 135 cm³/mol. The molecule has 1 aliphatic heterocycles. The fourth-order valence-corrected chi connectivity index (χ4v) is 10.3. The van der Waals surface area contributed by atoms with E-state index in [0.29, 0.717) is 0 Å². The highest BCUT2D eigenvalue weighted by Crippen LogP contribution is 2.16. The van der Waals surface area contributed by atoms with Gasteiger partial charge < -0.3 is 0 Å². The molecule has 0 saturated heterocycles. The SMILES string of the molecule is Cc1cc(C)c(B2c3ccccc3[Si](Cl)(c3ccccc3)c3ccccc32)c(C)c1. The first-order valence-corrected chi connectivity index (χ1v) is 13.5. The third-order valence-electron chi connectivity index (χ3n) is 6.48. The van der Waals surface area contributed by atoms with Crippen LogP contribution in [0.2, 0.25) is 0 Å². The molecule has 0 saturated carbocycles. The van der Waals surface area contributed by atoms with E-state index in [1.807, 2.05) is 0 Å². The van der Waals surface area contributed by atoms with Crippen molar-refractivity contribution in [1.82, 2.24) is 0 Å². The molecule has 3 heteroatoms. The van der Waals surface area contributed by atoms with E-state index >= 15 is 0 Å². The molecular weight excluding hydrogens is 399 g/mol. The minimum atomic E-state index is -2.60. The van der Waals surface area contributed by atoms with E-state index < -0.39 is 7.38 Å². The van der Waals surface area contributed by atoms with E-state index in [4.69, 9.17) is 11.1 Å². The Morgan fingerprint density at radius 2 is 1.10 bits per heavy atom. The summed E-state index contributed by atoms with van der Waals surface area (Å²) in [6, 6.07) is 33.1. The van der Waals surface area contributed by atoms with Gasteiger partial charge in [0.05, 0.1) is 0 Å². The highest BCUT2D eigenvalue weighted by atomic mass is 35.6. The molecule has 0 nitrogen and oxygen atoms in total. The van der Waals surface area contributed by atoms with Crippen molar-refractivity contribution >= 4 is 57.1 Å². The van der Waals surface area contributed by atoms with Crippen molar-refractivity contribution in [2.24, 2.45) is 0 Å². The van der Waals surface area contributed by atoms with Crippen LogP contribution in [0.25, 0.3) is 0 Å². The van der Waals surface area contributed by atoms with Gasteiger partial charge in [0.25, 0.3) is 0 Å². The second-order valence-corrected chi connectivity index (χ2v) is 13.1. The van der Waals surface area contributed by atoms with Crippen LogP contribution >= 0.6 is 11.1 Å². The summed E-state index contributed by atoms with van der Waals surface area (Å²) in [5.74, 6) is 0. The molecule has 146 valence electrons. The van der Waals surface area contributed by atoms with Crippen LogP contribution in [-0.2, 0) is 0 Å². The fourth-order valence-electron chi connectivity index (χ4n) is 5.37. The maximum absolute atomic E-state index is 7.76. The number of hydrogen-bond acceptors (Lipinski definition) is 0. The van der Waals surface area contributed by atoms with Crippen molar-refractivity contribution in [3.63, 3.8) is 0 Å². The zero-order chi connectivity index (χ0) is 20.9. The van der Waals surface area contributed by atoms with Crippen LogP contribution < -0.4 is 31.9 Å². The lowest BCUT2D eigenvalue weighted by molar-refractivity contribution is 1.35. The molecule has 0 fully saturated rings. The minimum Gasteiger partial charge on any atom is -0.149 e. The highest BCUT2D eigenvalue weighted by molar-refractivity contribution is 7.43. The molecule has 5 rings (SSSR count). The lowest BCUT2D eigenvalue weighted by Gasteiger charge is -2.38. The summed E-state index contributed by atoms with van der Waals surface area (Å²) in [5, 5.41) is 3.89. The van der Waals surface area contributed by atoms with E-state index in [0.717, 1.165) is 0 Å². The smallest absolute Gasteiger partial charge is 0.149 e. The first-order valence-electron chi connectivity index (χ1n) is 10.5. The Morgan fingerprint density at radius 3 is 1.63 bits per heavy atom. The largest absolute Gasteiger partial charge is 0.246 e. The normalized spacial score (nSPS) is 14.2. The van der Waals surface area contributed by atoms with Gasteiger partial charge in [-0.15, -0.1) is 11.1 Å². The number of benzene rings is 4. The van der Waals surface area contributed by atoms with Gasteiger partial charge in [-0.3, -0.25) is 0 Å². The Kier molecular flexibility index (Phi) is 4.72. The molecule has 0 bridgehead atoms. The summed E-state index contributed by atoms with van der Waals surface area (Å²) in [6.45, 7) is 6.88. The maximum Gasteiger partial charge on any atom is 0.246 e. The molecule has 0 atom stereocenters. The lowest BCUT2D eigenvalue weighted by atomic mass is 9.35. The van der Waals surface area contributed by atoms with E-state index in [-0.39, 0.29) is 6.71 Å². The minimum absolute atomic E-state index is 0.209. The molecule has 0 N–H and O–H groups in total. The number of halogens is 1. The molecule has 0 aromatic heterocycles. The summed E-state index contributed by atoms with van der Waals surface area (Å²) in [5.41, 5.74) is 8.16. The zero-order valence-electron chi connectivity index (χ0n) is 17.6. The summed E-state index contributed by atoms with van der Waals surface area (Å²) in [7, 11) is -2.60. The standard InChI is InChI=1S/C27H24BClSi/c1-19-17-20(2)27(21(3)18-19)28-23-13-7-9-15-25(23)30(29,22-11-5-4-6-12-22)26-16-10-8-14-24(26)28/h4-18H,1-3H3. The van der Waals surface area contributed by atoms with Crippen LogP contribution in [0.15, 0.2) is 91.0 Å². The topological polar surface area (TPSA) is 0 Å². The Bertz CT molecular complexity index is 1180. The predicted octanol–water partition coefficient (Wildman–Crippen LogP) is 2.65. The summed E-state index contributed by atoms with van der Waals surface area (Å²) >= 11 is 7.76. The van der Waals surface area contributed by atoms with E-state index in [1.54, 1.807) is 0 Å².